The maximum Gasteiger partial charge on any atom is 0.251 e. The molecule has 0 atom stereocenters. The van der Waals surface area contributed by atoms with Crippen LogP contribution in [0.15, 0.2) is 59.4 Å². The third kappa shape index (κ3) is 4.67. The first-order chi connectivity index (χ1) is 12.1. The van der Waals surface area contributed by atoms with Gasteiger partial charge in [-0.15, -0.1) is 0 Å². The topological polar surface area (TPSA) is 56.9 Å². The summed E-state index contributed by atoms with van der Waals surface area (Å²) in [5, 5.41) is 7.96. The number of hydrogen-bond donors (Lipinski definition) is 3. The molecule has 1 aromatic heterocycles. The number of aromatic nitrogens is 1. The first-order valence-electron chi connectivity index (χ1n) is 8.30. The van der Waals surface area contributed by atoms with Crippen molar-refractivity contribution in [2.75, 3.05) is 6.54 Å². The number of aryl methyl sites for hydroxylation is 1. The van der Waals surface area contributed by atoms with Crippen molar-refractivity contribution in [3.8, 4) is 0 Å². The van der Waals surface area contributed by atoms with E-state index in [2.05, 4.69) is 15.6 Å². The van der Waals surface area contributed by atoms with Gasteiger partial charge >= 0.3 is 0 Å². The average molecular weight is 351 g/mol. The maximum atomic E-state index is 12.2. The van der Waals surface area contributed by atoms with Gasteiger partial charge in [0.1, 0.15) is 0 Å². The zero-order valence-corrected chi connectivity index (χ0v) is 15.0. The summed E-state index contributed by atoms with van der Waals surface area (Å²) in [5.74, 6) is 0. The molecule has 0 aliphatic carbocycles. The van der Waals surface area contributed by atoms with Crippen LogP contribution in [0.1, 0.15) is 16.7 Å². The predicted molar refractivity (Wildman–Crippen MR) is 107 cm³/mol. The molecule has 0 bridgehead atoms. The van der Waals surface area contributed by atoms with E-state index in [0.29, 0.717) is 24.6 Å². The normalized spacial score (nSPS) is 10.6. The number of thiocarbonyl (C=S) groups is 1. The van der Waals surface area contributed by atoms with Crippen LogP contribution in [0.25, 0.3) is 10.9 Å². The molecule has 0 fully saturated rings. The minimum atomic E-state index is -0.0388. The number of H-pyrrole nitrogens is 1. The third-order valence-electron chi connectivity index (χ3n) is 4.05. The highest BCUT2D eigenvalue weighted by molar-refractivity contribution is 7.80. The van der Waals surface area contributed by atoms with Gasteiger partial charge in [-0.05, 0) is 54.2 Å². The SMILES string of the molecule is Cc1ccc2cc(CCNC(=S)NCc3ccccc3)c(=O)[nH]c2c1. The third-order valence-corrected chi connectivity index (χ3v) is 4.34. The second-order valence-corrected chi connectivity index (χ2v) is 6.47. The van der Waals surface area contributed by atoms with E-state index >= 15 is 0 Å². The molecule has 0 saturated carbocycles. The molecule has 5 heteroatoms. The molecule has 3 rings (SSSR count). The monoisotopic (exact) mass is 351 g/mol. The highest BCUT2D eigenvalue weighted by atomic mass is 32.1. The van der Waals surface area contributed by atoms with E-state index < -0.39 is 0 Å². The van der Waals surface area contributed by atoms with Crippen LogP contribution in [0.2, 0.25) is 0 Å². The van der Waals surface area contributed by atoms with Crippen molar-refractivity contribution < 1.29 is 0 Å². The minimum Gasteiger partial charge on any atom is -0.362 e. The molecule has 0 saturated heterocycles. The van der Waals surface area contributed by atoms with Gasteiger partial charge in [-0.2, -0.15) is 0 Å². The lowest BCUT2D eigenvalue weighted by molar-refractivity contribution is 0.810. The van der Waals surface area contributed by atoms with E-state index in [1.165, 1.54) is 5.56 Å². The Hall–Kier alpha value is -2.66. The van der Waals surface area contributed by atoms with Gasteiger partial charge in [0.15, 0.2) is 5.11 Å². The molecule has 3 N–H and O–H groups in total. The summed E-state index contributed by atoms with van der Waals surface area (Å²) >= 11 is 5.28. The van der Waals surface area contributed by atoms with Crippen molar-refractivity contribution in [2.24, 2.45) is 0 Å². The van der Waals surface area contributed by atoms with E-state index in [-0.39, 0.29) is 5.56 Å². The highest BCUT2D eigenvalue weighted by Gasteiger charge is 2.04. The van der Waals surface area contributed by atoms with E-state index in [9.17, 15) is 4.79 Å². The van der Waals surface area contributed by atoms with E-state index in [1.54, 1.807) is 0 Å². The Morgan fingerprint density at radius 2 is 1.88 bits per heavy atom. The van der Waals surface area contributed by atoms with E-state index in [1.807, 2.05) is 61.5 Å². The van der Waals surface area contributed by atoms with Gasteiger partial charge in [-0.25, -0.2) is 0 Å². The maximum absolute atomic E-state index is 12.2. The molecule has 0 amide bonds. The quantitative estimate of drug-likeness (QED) is 0.619. The molecule has 1 heterocycles. The standard InChI is InChI=1S/C20H21N3OS/c1-14-7-8-16-12-17(19(24)23-18(16)11-14)9-10-21-20(25)22-13-15-5-3-2-4-6-15/h2-8,11-12H,9-10,13H2,1H3,(H,23,24)(H2,21,22,25). The van der Waals surface area contributed by atoms with Gasteiger partial charge in [-0.3, -0.25) is 4.79 Å². The Kier molecular flexibility index (Phi) is 5.46. The molecule has 0 unspecified atom stereocenters. The van der Waals surface area contributed by atoms with Gasteiger partial charge in [0.2, 0.25) is 0 Å². The van der Waals surface area contributed by atoms with Gasteiger partial charge in [0.05, 0.1) is 0 Å². The van der Waals surface area contributed by atoms with Crippen LogP contribution in [0.4, 0.5) is 0 Å². The Bertz CT molecular complexity index is 935. The Balaban J connectivity index is 1.54. The fraction of sp³-hybridized carbons (Fsp3) is 0.200. The van der Waals surface area contributed by atoms with Crippen molar-refractivity contribution in [3.05, 3.63) is 81.6 Å². The Morgan fingerprint density at radius 3 is 2.68 bits per heavy atom. The van der Waals surface area contributed by atoms with Crippen LogP contribution in [0.5, 0.6) is 0 Å². The molecule has 2 aromatic carbocycles. The summed E-state index contributed by atoms with van der Waals surface area (Å²) < 4.78 is 0. The number of benzene rings is 2. The molecule has 0 spiro atoms. The fourth-order valence-corrected chi connectivity index (χ4v) is 2.87. The first-order valence-corrected chi connectivity index (χ1v) is 8.71. The first kappa shape index (κ1) is 17.2. The van der Waals surface area contributed by atoms with Crippen LogP contribution in [-0.4, -0.2) is 16.6 Å². The molecule has 4 nitrogen and oxygen atoms in total. The largest absolute Gasteiger partial charge is 0.362 e. The number of hydrogen-bond acceptors (Lipinski definition) is 2. The second-order valence-electron chi connectivity index (χ2n) is 6.06. The van der Waals surface area contributed by atoms with Gasteiger partial charge in [-0.1, -0.05) is 42.5 Å². The average Bonchev–Trinajstić information content (AvgIpc) is 2.61. The second kappa shape index (κ2) is 7.94. The number of nitrogens with one attached hydrogen (secondary N) is 3. The summed E-state index contributed by atoms with van der Waals surface area (Å²) in [4.78, 5) is 15.2. The van der Waals surface area contributed by atoms with Crippen molar-refractivity contribution in [2.45, 2.75) is 19.9 Å². The molecule has 0 radical (unpaired) electrons. The molecule has 0 aliphatic heterocycles. The summed E-state index contributed by atoms with van der Waals surface area (Å²) in [6.45, 7) is 3.31. The fourth-order valence-electron chi connectivity index (χ4n) is 2.70. The van der Waals surface area contributed by atoms with Crippen LogP contribution in [0, 0.1) is 6.92 Å². The summed E-state index contributed by atoms with van der Waals surface area (Å²) in [5.41, 5.74) is 3.90. The van der Waals surface area contributed by atoms with E-state index in [0.717, 1.165) is 22.0 Å². The molecule has 25 heavy (non-hydrogen) atoms. The van der Waals surface area contributed by atoms with Crippen molar-refractivity contribution in [3.63, 3.8) is 0 Å². The minimum absolute atomic E-state index is 0.0388. The number of aromatic amines is 1. The lowest BCUT2D eigenvalue weighted by atomic mass is 10.1. The Labute approximate surface area is 152 Å². The summed E-state index contributed by atoms with van der Waals surface area (Å²) in [7, 11) is 0. The smallest absolute Gasteiger partial charge is 0.251 e. The number of fused-ring (bicyclic) bond motifs is 1. The molecular weight excluding hydrogens is 330 g/mol. The zero-order chi connectivity index (χ0) is 17.6. The van der Waals surface area contributed by atoms with Crippen LogP contribution in [0.3, 0.4) is 0 Å². The highest BCUT2D eigenvalue weighted by Crippen LogP contribution is 2.13. The van der Waals surface area contributed by atoms with E-state index in [4.69, 9.17) is 12.2 Å². The van der Waals surface area contributed by atoms with Gasteiger partial charge in [0.25, 0.3) is 5.56 Å². The number of rotatable bonds is 5. The molecule has 0 aliphatic rings. The molecule has 128 valence electrons. The summed E-state index contributed by atoms with van der Waals surface area (Å²) in [6, 6.07) is 18.1. The van der Waals surface area contributed by atoms with Crippen molar-refractivity contribution in [1.82, 2.24) is 15.6 Å². The molecular formula is C20H21N3OS. The van der Waals surface area contributed by atoms with Crippen LogP contribution >= 0.6 is 12.2 Å². The van der Waals surface area contributed by atoms with Gasteiger partial charge < -0.3 is 15.6 Å². The Morgan fingerprint density at radius 1 is 1.08 bits per heavy atom. The number of pyridine rings is 1. The van der Waals surface area contributed by atoms with Gasteiger partial charge in [0, 0.05) is 24.2 Å². The van der Waals surface area contributed by atoms with Crippen LogP contribution in [-0.2, 0) is 13.0 Å². The molecule has 3 aromatic rings. The lowest BCUT2D eigenvalue weighted by Gasteiger charge is -2.10. The van der Waals surface area contributed by atoms with Crippen LogP contribution < -0.4 is 16.2 Å². The lowest BCUT2D eigenvalue weighted by Crippen LogP contribution is -2.36. The summed E-state index contributed by atoms with van der Waals surface area (Å²) in [6.07, 6.45) is 0.617. The van der Waals surface area contributed by atoms with Crippen molar-refractivity contribution in [1.29, 1.82) is 0 Å². The predicted octanol–water partition coefficient (Wildman–Crippen LogP) is 3.04. The van der Waals surface area contributed by atoms with Crippen molar-refractivity contribution >= 4 is 28.2 Å². The zero-order valence-electron chi connectivity index (χ0n) is 14.1.